The van der Waals surface area contributed by atoms with Crippen molar-refractivity contribution < 1.29 is 9.59 Å². The van der Waals surface area contributed by atoms with Crippen LogP contribution in [0.15, 0.2) is 48.5 Å². The van der Waals surface area contributed by atoms with E-state index in [0.717, 1.165) is 43.7 Å². The van der Waals surface area contributed by atoms with Gasteiger partial charge in [-0.3, -0.25) is 9.59 Å². The predicted octanol–water partition coefficient (Wildman–Crippen LogP) is 3.88. The van der Waals surface area contributed by atoms with E-state index in [1.54, 1.807) is 24.3 Å². The molecule has 2 N–H and O–H groups in total. The first-order valence-corrected chi connectivity index (χ1v) is 10.7. The minimum absolute atomic E-state index is 0.00525. The number of amides is 2. The molecule has 1 aliphatic carbocycles. The number of carbonyl (C=O) groups is 2. The zero-order chi connectivity index (χ0) is 20.2. The highest BCUT2D eigenvalue weighted by molar-refractivity contribution is 6.30. The molecule has 2 aromatic carbocycles. The van der Waals surface area contributed by atoms with Crippen molar-refractivity contribution in [2.24, 2.45) is 5.92 Å². The normalized spacial score (nSPS) is 17.1. The maximum Gasteiger partial charge on any atom is 0.253 e. The topological polar surface area (TPSA) is 61.4 Å². The van der Waals surface area contributed by atoms with Crippen molar-refractivity contribution in [3.05, 3.63) is 64.7 Å². The smallest absolute Gasteiger partial charge is 0.253 e. The summed E-state index contributed by atoms with van der Waals surface area (Å²) in [6.45, 7) is 2.38. The van der Waals surface area contributed by atoms with Crippen molar-refractivity contribution in [3.63, 3.8) is 0 Å². The van der Waals surface area contributed by atoms with E-state index in [1.165, 1.54) is 12.8 Å². The van der Waals surface area contributed by atoms with Crippen LogP contribution in [0.2, 0.25) is 5.02 Å². The van der Waals surface area contributed by atoms with Crippen molar-refractivity contribution in [3.8, 4) is 0 Å². The van der Waals surface area contributed by atoms with Crippen LogP contribution in [0.4, 0.5) is 5.69 Å². The maximum absolute atomic E-state index is 12.6. The molecule has 2 amide bonds. The van der Waals surface area contributed by atoms with Gasteiger partial charge in [0.05, 0.1) is 5.56 Å². The highest BCUT2D eigenvalue weighted by Crippen LogP contribution is 2.28. The Morgan fingerprint density at radius 2 is 1.62 bits per heavy atom. The number of benzene rings is 2. The molecule has 1 heterocycles. The highest BCUT2D eigenvalue weighted by Gasteiger charge is 2.25. The molecule has 0 radical (unpaired) electrons. The van der Waals surface area contributed by atoms with E-state index < -0.39 is 0 Å². The predicted molar refractivity (Wildman–Crippen MR) is 116 cm³/mol. The Balaban J connectivity index is 1.34. The van der Waals surface area contributed by atoms with Crippen LogP contribution in [0.5, 0.6) is 0 Å². The van der Waals surface area contributed by atoms with Gasteiger partial charge in [0.2, 0.25) is 0 Å². The number of piperidine rings is 1. The molecule has 5 nitrogen and oxygen atoms in total. The molecule has 2 aliphatic rings. The molecular formula is C23H26ClN3O2. The summed E-state index contributed by atoms with van der Waals surface area (Å²) in [4.78, 5) is 27.3. The van der Waals surface area contributed by atoms with Gasteiger partial charge in [0, 0.05) is 41.9 Å². The Kier molecular flexibility index (Phi) is 6.05. The van der Waals surface area contributed by atoms with Gasteiger partial charge in [-0.05, 0) is 68.0 Å². The Morgan fingerprint density at radius 3 is 2.31 bits per heavy atom. The lowest BCUT2D eigenvalue weighted by atomic mass is 10.0. The van der Waals surface area contributed by atoms with Gasteiger partial charge < -0.3 is 15.5 Å². The molecule has 6 heteroatoms. The number of hydrogen-bond acceptors (Lipinski definition) is 3. The summed E-state index contributed by atoms with van der Waals surface area (Å²) in [5, 5.41) is 6.80. The number of carbonyl (C=O) groups excluding carboxylic acids is 2. The third-order valence-corrected chi connectivity index (χ3v) is 5.93. The number of anilines is 1. The summed E-state index contributed by atoms with van der Waals surface area (Å²) < 4.78 is 0. The molecule has 2 aromatic rings. The average Bonchev–Trinajstić information content (AvgIpc) is 3.57. The second kappa shape index (κ2) is 8.87. The molecule has 0 unspecified atom stereocenters. The summed E-state index contributed by atoms with van der Waals surface area (Å²) >= 11 is 5.89. The molecule has 0 aromatic heterocycles. The van der Waals surface area contributed by atoms with E-state index in [1.807, 2.05) is 24.3 Å². The Labute approximate surface area is 176 Å². The fourth-order valence-corrected chi connectivity index (χ4v) is 3.86. The molecule has 0 atom stereocenters. The number of hydrogen-bond donors (Lipinski definition) is 2. The van der Waals surface area contributed by atoms with Gasteiger partial charge in [-0.25, -0.2) is 0 Å². The van der Waals surface area contributed by atoms with Gasteiger partial charge in [0.15, 0.2) is 0 Å². The zero-order valence-electron chi connectivity index (χ0n) is 16.4. The van der Waals surface area contributed by atoms with E-state index in [-0.39, 0.29) is 17.9 Å². The third-order valence-electron chi connectivity index (χ3n) is 5.67. The number of nitrogens with one attached hydrogen (secondary N) is 2. The van der Waals surface area contributed by atoms with Crippen molar-refractivity contribution in [1.82, 2.24) is 10.6 Å². The van der Waals surface area contributed by atoms with Crippen molar-refractivity contribution in [2.75, 3.05) is 24.5 Å². The van der Waals surface area contributed by atoms with Gasteiger partial charge in [0.1, 0.15) is 0 Å². The molecule has 2 fully saturated rings. The number of halogens is 1. The lowest BCUT2D eigenvalue weighted by molar-refractivity contribution is 0.0929. The van der Waals surface area contributed by atoms with Crippen LogP contribution < -0.4 is 15.5 Å². The van der Waals surface area contributed by atoms with Crippen LogP contribution in [-0.2, 0) is 0 Å². The SMILES string of the molecule is O=C(NC1CCN(c2ccccc2C(=O)NCC2CC2)CC1)c1ccc(Cl)cc1. The van der Waals surface area contributed by atoms with E-state index in [4.69, 9.17) is 11.6 Å². The van der Waals surface area contributed by atoms with Crippen molar-refractivity contribution >= 4 is 29.1 Å². The van der Waals surface area contributed by atoms with Gasteiger partial charge in [-0.1, -0.05) is 23.7 Å². The second-order valence-corrected chi connectivity index (χ2v) is 8.35. The van der Waals surface area contributed by atoms with E-state index >= 15 is 0 Å². The first-order valence-electron chi connectivity index (χ1n) is 10.3. The fraction of sp³-hybridized carbons (Fsp3) is 0.391. The average molecular weight is 412 g/mol. The molecule has 1 aliphatic heterocycles. The second-order valence-electron chi connectivity index (χ2n) is 7.91. The quantitative estimate of drug-likeness (QED) is 0.758. The standard InChI is InChI=1S/C23H26ClN3O2/c24-18-9-7-17(8-10-18)22(28)26-19-11-13-27(14-12-19)21-4-2-1-3-20(21)23(29)25-15-16-5-6-16/h1-4,7-10,16,19H,5-6,11-15H2,(H,25,29)(H,26,28). The maximum atomic E-state index is 12.6. The first-order chi connectivity index (χ1) is 14.1. The van der Waals surface area contributed by atoms with Gasteiger partial charge in [0.25, 0.3) is 11.8 Å². The minimum Gasteiger partial charge on any atom is -0.371 e. The zero-order valence-corrected chi connectivity index (χ0v) is 17.1. The van der Waals surface area contributed by atoms with Crippen LogP contribution in [0.3, 0.4) is 0 Å². The highest BCUT2D eigenvalue weighted by atomic mass is 35.5. The monoisotopic (exact) mass is 411 g/mol. The van der Waals surface area contributed by atoms with Crippen LogP contribution in [0.25, 0.3) is 0 Å². The van der Waals surface area contributed by atoms with Gasteiger partial charge in [-0.2, -0.15) is 0 Å². The van der Waals surface area contributed by atoms with Crippen LogP contribution in [0, 0.1) is 5.92 Å². The number of nitrogens with zero attached hydrogens (tertiary/aromatic N) is 1. The van der Waals surface area contributed by atoms with E-state index in [0.29, 0.717) is 16.5 Å². The molecular weight excluding hydrogens is 386 g/mol. The van der Waals surface area contributed by atoms with Crippen LogP contribution >= 0.6 is 11.6 Å². The van der Waals surface area contributed by atoms with Gasteiger partial charge in [-0.15, -0.1) is 0 Å². The lowest BCUT2D eigenvalue weighted by Crippen LogP contribution is -2.45. The summed E-state index contributed by atoms with van der Waals surface area (Å²) in [5.41, 5.74) is 2.33. The molecule has 0 bridgehead atoms. The fourth-order valence-electron chi connectivity index (χ4n) is 3.73. The largest absolute Gasteiger partial charge is 0.371 e. The third kappa shape index (κ3) is 5.10. The lowest BCUT2D eigenvalue weighted by Gasteiger charge is -2.35. The van der Waals surface area contributed by atoms with E-state index in [9.17, 15) is 9.59 Å². The van der Waals surface area contributed by atoms with Crippen molar-refractivity contribution in [1.29, 1.82) is 0 Å². The van der Waals surface area contributed by atoms with Crippen LogP contribution in [-0.4, -0.2) is 37.5 Å². The molecule has 1 saturated heterocycles. The summed E-state index contributed by atoms with van der Waals surface area (Å²) in [5.74, 6) is 0.594. The Bertz CT molecular complexity index is 872. The molecule has 0 spiro atoms. The van der Waals surface area contributed by atoms with E-state index in [2.05, 4.69) is 15.5 Å². The summed E-state index contributed by atoms with van der Waals surface area (Å²) in [7, 11) is 0. The molecule has 29 heavy (non-hydrogen) atoms. The minimum atomic E-state index is -0.0695. The molecule has 1 saturated carbocycles. The number of rotatable bonds is 6. The van der Waals surface area contributed by atoms with Crippen LogP contribution in [0.1, 0.15) is 46.4 Å². The number of para-hydroxylation sites is 1. The molecule has 152 valence electrons. The Morgan fingerprint density at radius 1 is 0.931 bits per heavy atom. The summed E-state index contributed by atoms with van der Waals surface area (Å²) in [6.07, 6.45) is 4.13. The van der Waals surface area contributed by atoms with Crippen molar-refractivity contribution in [2.45, 2.75) is 31.7 Å². The summed E-state index contributed by atoms with van der Waals surface area (Å²) in [6, 6.07) is 14.9. The first kappa shape index (κ1) is 19.8. The van der Waals surface area contributed by atoms with Gasteiger partial charge >= 0.3 is 0 Å². The molecule has 4 rings (SSSR count). The Hall–Kier alpha value is -2.53.